The molecule has 0 spiro atoms. The first-order valence-corrected chi connectivity index (χ1v) is 14.2. The molecule has 0 bridgehead atoms. The molecule has 2 aliphatic rings. The molecule has 0 saturated carbocycles. The number of carboxylic acids is 1. The summed E-state index contributed by atoms with van der Waals surface area (Å²) >= 11 is 0. The maximum atomic E-state index is 12.3. The van der Waals surface area contributed by atoms with Crippen LogP contribution >= 0.6 is 0 Å². The summed E-state index contributed by atoms with van der Waals surface area (Å²) in [5, 5.41) is 52.1. The molecule has 16 heteroatoms. The number of aliphatic carboxylic acids is 1. The van der Waals surface area contributed by atoms with Crippen molar-refractivity contribution < 1.29 is 68.4 Å². The summed E-state index contributed by atoms with van der Waals surface area (Å²) in [7, 11) is 0. The number of esters is 1. The molecule has 6 N–H and O–H groups in total. The topological polar surface area (TPSA) is 231 Å². The van der Waals surface area contributed by atoms with E-state index in [9.17, 15) is 44.7 Å². The molecule has 1 fully saturated rings. The summed E-state index contributed by atoms with van der Waals surface area (Å²) < 4.78 is 27.4. The molecule has 0 radical (unpaired) electrons. The molecule has 3 rings (SSSR count). The van der Waals surface area contributed by atoms with Crippen molar-refractivity contribution >= 4 is 23.8 Å². The van der Waals surface area contributed by atoms with Gasteiger partial charge < -0.3 is 59.4 Å². The third kappa shape index (κ3) is 10.1. The number of rotatable bonds is 15. The minimum Gasteiger partial charge on any atom is -0.491 e. The number of aliphatic hydroxyl groups is 4. The summed E-state index contributed by atoms with van der Waals surface area (Å²) in [6.45, 7) is 5.43. The van der Waals surface area contributed by atoms with Gasteiger partial charge in [-0.05, 0) is 39.0 Å². The quantitative estimate of drug-likeness (QED) is 0.0964. The molecule has 2 heterocycles. The molecule has 0 aliphatic carbocycles. The zero-order chi connectivity index (χ0) is 33.3. The van der Waals surface area contributed by atoms with Crippen LogP contribution in [0.4, 0.5) is 0 Å². The minimum atomic E-state index is -1.90. The van der Waals surface area contributed by atoms with Crippen molar-refractivity contribution in [3.05, 3.63) is 35.9 Å². The van der Waals surface area contributed by atoms with Crippen molar-refractivity contribution in [3.63, 3.8) is 0 Å². The molecule has 250 valence electrons. The van der Waals surface area contributed by atoms with Crippen LogP contribution in [0.3, 0.4) is 0 Å². The van der Waals surface area contributed by atoms with Gasteiger partial charge in [-0.1, -0.05) is 0 Å². The van der Waals surface area contributed by atoms with E-state index >= 15 is 0 Å². The van der Waals surface area contributed by atoms with Gasteiger partial charge in [0.2, 0.25) is 18.1 Å². The zero-order valence-electron chi connectivity index (χ0n) is 25.2. The molecule has 1 aromatic rings. The number of carbonyl (C=O) groups excluding carboxylic acids is 3. The zero-order valence-corrected chi connectivity index (χ0v) is 25.2. The SMILES string of the molecule is CC(C)(C)C(=O)OCc1ccc(OCCOCCNC(=O)CCN2C(=O)C=CC2O)cc1O[C@@H]1O[C@H](C(=O)O)[C@@H](O)[C@H](O)[C@H]1O. The number of hydrogen-bond donors (Lipinski definition) is 6. The minimum absolute atomic E-state index is 0.00597. The van der Waals surface area contributed by atoms with Crippen LogP contribution < -0.4 is 14.8 Å². The second-order valence-corrected chi connectivity index (χ2v) is 11.3. The summed E-state index contributed by atoms with van der Waals surface area (Å²) in [5.41, 5.74) is -0.477. The van der Waals surface area contributed by atoms with Gasteiger partial charge in [0.15, 0.2) is 6.10 Å². The van der Waals surface area contributed by atoms with Crippen LogP contribution in [-0.4, -0.2) is 124 Å². The average Bonchev–Trinajstić information content (AvgIpc) is 3.30. The number of benzene rings is 1. The number of hydrogen-bond acceptors (Lipinski definition) is 13. The van der Waals surface area contributed by atoms with Gasteiger partial charge in [0, 0.05) is 37.2 Å². The average molecular weight is 641 g/mol. The molecule has 1 unspecified atom stereocenters. The Balaban J connectivity index is 1.52. The summed E-state index contributed by atoms with van der Waals surface area (Å²) in [6.07, 6.45) is -7.61. The maximum Gasteiger partial charge on any atom is 0.335 e. The molecule has 2 aliphatic heterocycles. The Morgan fingerprint density at radius 1 is 1.02 bits per heavy atom. The number of ether oxygens (including phenoxy) is 5. The van der Waals surface area contributed by atoms with Crippen molar-refractivity contribution in [2.24, 2.45) is 5.41 Å². The first kappa shape index (κ1) is 35.7. The van der Waals surface area contributed by atoms with Crippen LogP contribution in [0, 0.1) is 5.41 Å². The summed E-state index contributed by atoms with van der Waals surface area (Å²) in [5.74, 6) is -2.49. The Morgan fingerprint density at radius 2 is 1.76 bits per heavy atom. The fraction of sp³-hybridized carbons (Fsp3) is 0.586. The van der Waals surface area contributed by atoms with Crippen LogP contribution in [0.1, 0.15) is 32.8 Å². The van der Waals surface area contributed by atoms with Crippen molar-refractivity contribution in [1.82, 2.24) is 10.2 Å². The second kappa shape index (κ2) is 16.0. The Morgan fingerprint density at radius 3 is 2.40 bits per heavy atom. The molecule has 2 amide bonds. The smallest absolute Gasteiger partial charge is 0.335 e. The molecule has 45 heavy (non-hydrogen) atoms. The van der Waals surface area contributed by atoms with Crippen LogP contribution in [0.2, 0.25) is 0 Å². The van der Waals surface area contributed by atoms with Gasteiger partial charge >= 0.3 is 11.9 Å². The highest BCUT2D eigenvalue weighted by atomic mass is 16.7. The normalized spacial score (nSPS) is 24.8. The van der Waals surface area contributed by atoms with Crippen molar-refractivity contribution in [2.75, 3.05) is 32.9 Å². The summed E-state index contributed by atoms with van der Waals surface area (Å²) in [4.78, 5) is 48.5. The number of carboxylic acid groups (broad SMARTS) is 1. The standard InChI is InChI=1S/C29H40N2O14/c1-29(2,3)28(40)43-15-16-4-5-17(14-18(16)44-27-24(37)22(35)23(36)25(45-27)26(38)39)42-13-12-41-11-9-30-19(32)8-10-31-20(33)6-7-21(31)34/h4-7,14,20,22-25,27,33,35-37H,8-13,15H2,1-3H3,(H,30,32)(H,38,39)/t20?,22-,23-,24+,25-,27+/m0/s1. The highest BCUT2D eigenvalue weighted by Crippen LogP contribution is 2.31. The van der Waals surface area contributed by atoms with E-state index in [1.54, 1.807) is 26.8 Å². The molecular formula is C29H40N2O14. The van der Waals surface area contributed by atoms with Gasteiger partial charge in [0.1, 0.15) is 49.3 Å². The maximum absolute atomic E-state index is 12.3. The van der Waals surface area contributed by atoms with Crippen molar-refractivity contribution in [1.29, 1.82) is 0 Å². The number of aliphatic hydroxyl groups excluding tert-OH is 4. The molecular weight excluding hydrogens is 600 g/mol. The third-order valence-electron chi connectivity index (χ3n) is 6.72. The summed E-state index contributed by atoms with van der Waals surface area (Å²) in [6, 6.07) is 4.47. The highest BCUT2D eigenvalue weighted by Gasteiger charge is 2.48. The lowest BCUT2D eigenvalue weighted by Gasteiger charge is -2.38. The first-order valence-electron chi connectivity index (χ1n) is 14.2. The largest absolute Gasteiger partial charge is 0.491 e. The number of amides is 2. The van der Waals surface area contributed by atoms with Crippen LogP contribution in [0.15, 0.2) is 30.4 Å². The van der Waals surface area contributed by atoms with E-state index < -0.39 is 54.3 Å². The molecule has 16 nitrogen and oxygen atoms in total. The lowest BCUT2D eigenvalue weighted by molar-refractivity contribution is -0.271. The number of nitrogens with one attached hydrogen (secondary N) is 1. The Hall–Kier alpha value is -3.80. The Kier molecular flexibility index (Phi) is 12.7. The van der Waals surface area contributed by atoms with Crippen LogP contribution in [0.25, 0.3) is 0 Å². The Labute approximate surface area is 259 Å². The van der Waals surface area contributed by atoms with Gasteiger partial charge in [-0.3, -0.25) is 14.4 Å². The molecule has 1 saturated heterocycles. The van der Waals surface area contributed by atoms with E-state index in [1.165, 1.54) is 29.2 Å². The fourth-order valence-corrected chi connectivity index (χ4v) is 4.12. The first-order chi connectivity index (χ1) is 21.2. The van der Waals surface area contributed by atoms with Gasteiger partial charge in [-0.15, -0.1) is 0 Å². The van der Waals surface area contributed by atoms with Gasteiger partial charge in [-0.25, -0.2) is 4.79 Å². The lowest BCUT2D eigenvalue weighted by Crippen LogP contribution is -2.61. The fourth-order valence-electron chi connectivity index (χ4n) is 4.12. The molecule has 1 aromatic carbocycles. The predicted octanol–water partition coefficient (Wildman–Crippen LogP) is -1.33. The van der Waals surface area contributed by atoms with E-state index in [4.69, 9.17) is 23.7 Å². The number of nitrogens with zero attached hydrogens (tertiary/aromatic N) is 1. The monoisotopic (exact) mass is 640 g/mol. The lowest BCUT2D eigenvalue weighted by atomic mass is 9.97. The molecule has 0 aromatic heterocycles. The van der Waals surface area contributed by atoms with E-state index in [-0.39, 0.29) is 69.3 Å². The van der Waals surface area contributed by atoms with Crippen molar-refractivity contribution in [3.8, 4) is 11.5 Å². The van der Waals surface area contributed by atoms with Gasteiger partial charge in [0.25, 0.3) is 0 Å². The Bertz CT molecular complexity index is 1230. The highest BCUT2D eigenvalue weighted by molar-refractivity contribution is 5.90. The van der Waals surface area contributed by atoms with Crippen molar-refractivity contribution in [2.45, 2.75) is 70.7 Å². The van der Waals surface area contributed by atoms with E-state index in [0.717, 1.165) is 0 Å². The van der Waals surface area contributed by atoms with Gasteiger partial charge in [0.05, 0.1) is 18.6 Å². The van der Waals surface area contributed by atoms with E-state index in [1.807, 2.05) is 0 Å². The third-order valence-corrected chi connectivity index (χ3v) is 6.72. The second-order valence-electron chi connectivity index (χ2n) is 11.3. The molecule has 6 atom stereocenters. The predicted molar refractivity (Wildman–Crippen MR) is 151 cm³/mol. The van der Waals surface area contributed by atoms with Gasteiger partial charge in [-0.2, -0.15) is 0 Å². The van der Waals surface area contributed by atoms with E-state index in [2.05, 4.69) is 5.32 Å². The number of carbonyl (C=O) groups is 4. The van der Waals surface area contributed by atoms with E-state index in [0.29, 0.717) is 5.56 Å². The van der Waals surface area contributed by atoms with Crippen LogP contribution in [0.5, 0.6) is 11.5 Å². The van der Waals surface area contributed by atoms with Crippen LogP contribution in [-0.2, 0) is 40.0 Å².